The largest absolute Gasteiger partial charge is 0.494 e. The second-order valence-corrected chi connectivity index (χ2v) is 4.17. The van der Waals surface area contributed by atoms with Gasteiger partial charge in [0.15, 0.2) is 0 Å². The number of ether oxygens (including phenoxy) is 1. The van der Waals surface area contributed by atoms with E-state index in [1.165, 1.54) is 0 Å². The topological polar surface area (TPSA) is 34.2 Å². The van der Waals surface area contributed by atoms with Crippen molar-refractivity contribution in [2.75, 3.05) is 19.0 Å². The van der Waals surface area contributed by atoms with Crippen molar-refractivity contribution in [1.29, 1.82) is 0 Å². The van der Waals surface area contributed by atoms with Gasteiger partial charge < -0.3 is 10.1 Å². The summed E-state index contributed by atoms with van der Waals surface area (Å²) < 4.78 is 5.29. The summed E-state index contributed by atoms with van der Waals surface area (Å²) >= 11 is 6.23. The number of methoxy groups -OCH3 is 1. The number of pyridine rings is 1. The summed E-state index contributed by atoms with van der Waals surface area (Å²) in [5, 5.41) is 4.96. The molecule has 0 saturated carbocycles. The van der Waals surface area contributed by atoms with Gasteiger partial charge in [-0.3, -0.25) is 4.98 Å². The van der Waals surface area contributed by atoms with E-state index < -0.39 is 0 Å². The molecular formula is C13H15ClN2O. The molecule has 2 rings (SSSR count). The number of nitrogens with zero attached hydrogens (tertiary/aromatic N) is 1. The van der Waals surface area contributed by atoms with E-state index in [9.17, 15) is 0 Å². The molecule has 1 aromatic heterocycles. The number of rotatable bonds is 4. The van der Waals surface area contributed by atoms with Crippen LogP contribution in [0.1, 0.15) is 13.3 Å². The third-order valence-corrected chi connectivity index (χ3v) is 2.90. The van der Waals surface area contributed by atoms with E-state index in [1.54, 1.807) is 13.3 Å². The molecule has 1 N–H and O–H groups in total. The molecule has 0 radical (unpaired) electrons. The third kappa shape index (κ3) is 2.29. The Hall–Kier alpha value is -1.48. The van der Waals surface area contributed by atoms with Crippen LogP contribution in [0.15, 0.2) is 24.4 Å². The molecule has 0 saturated heterocycles. The SMILES string of the molecule is CCCNc1ccnc2c(OC)ccc(Cl)c12. The number of nitrogens with one attached hydrogen (secondary N) is 1. The van der Waals surface area contributed by atoms with Gasteiger partial charge in [-0.1, -0.05) is 18.5 Å². The molecule has 0 aliphatic rings. The lowest BCUT2D eigenvalue weighted by Gasteiger charge is -2.11. The van der Waals surface area contributed by atoms with Gasteiger partial charge in [0, 0.05) is 23.8 Å². The Labute approximate surface area is 106 Å². The van der Waals surface area contributed by atoms with Crippen LogP contribution in [0, 0.1) is 0 Å². The second-order valence-electron chi connectivity index (χ2n) is 3.76. The number of aromatic nitrogens is 1. The summed E-state index contributed by atoms with van der Waals surface area (Å²) in [6.07, 6.45) is 2.82. The zero-order chi connectivity index (χ0) is 12.3. The Morgan fingerprint density at radius 3 is 2.88 bits per heavy atom. The third-order valence-electron chi connectivity index (χ3n) is 2.59. The molecule has 17 heavy (non-hydrogen) atoms. The summed E-state index contributed by atoms with van der Waals surface area (Å²) in [7, 11) is 1.64. The van der Waals surface area contributed by atoms with E-state index >= 15 is 0 Å². The highest BCUT2D eigenvalue weighted by molar-refractivity contribution is 6.36. The van der Waals surface area contributed by atoms with E-state index in [2.05, 4.69) is 17.2 Å². The summed E-state index contributed by atoms with van der Waals surface area (Å²) in [6.45, 7) is 3.03. The molecule has 0 spiro atoms. The Morgan fingerprint density at radius 2 is 2.18 bits per heavy atom. The Bertz CT molecular complexity index is 528. The van der Waals surface area contributed by atoms with Gasteiger partial charge in [-0.05, 0) is 24.6 Å². The second kappa shape index (κ2) is 5.23. The van der Waals surface area contributed by atoms with E-state index in [0.717, 1.165) is 35.3 Å². The number of anilines is 1. The van der Waals surface area contributed by atoms with Gasteiger partial charge in [0.2, 0.25) is 0 Å². The van der Waals surface area contributed by atoms with E-state index in [-0.39, 0.29) is 0 Å². The smallest absolute Gasteiger partial charge is 0.145 e. The molecule has 0 atom stereocenters. The van der Waals surface area contributed by atoms with Crippen LogP contribution in [-0.4, -0.2) is 18.6 Å². The van der Waals surface area contributed by atoms with Gasteiger partial charge in [-0.15, -0.1) is 0 Å². The molecule has 3 nitrogen and oxygen atoms in total. The van der Waals surface area contributed by atoms with E-state index in [4.69, 9.17) is 16.3 Å². The fourth-order valence-electron chi connectivity index (χ4n) is 1.77. The summed E-state index contributed by atoms with van der Waals surface area (Å²) in [6, 6.07) is 5.60. The van der Waals surface area contributed by atoms with Gasteiger partial charge in [-0.2, -0.15) is 0 Å². The van der Waals surface area contributed by atoms with Crippen LogP contribution in [-0.2, 0) is 0 Å². The quantitative estimate of drug-likeness (QED) is 0.898. The summed E-state index contributed by atoms with van der Waals surface area (Å²) in [5.74, 6) is 0.740. The van der Waals surface area contributed by atoms with Gasteiger partial charge in [-0.25, -0.2) is 0 Å². The molecule has 0 amide bonds. The first-order valence-electron chi connectivity index (χ1n) is 5.63. The molecule has 1 heterocycles. The van der Waals surface area contributed by atoms with Crippen molar-refractivity contribution in [3.8, 4) is 5.75 Å². The average Bonchev–Trinajstić information content (AvgIpc) is 2.36. The molecule has 0 aliphatic heterocycles. The molecule has 90 valence electrons. The van der Waals surface area contributed by atoms with Crippen LogP contribution in [0.4, 0.5) is 5.69 Å². The predicted octanol–water partition coefficient (Wildman–Crippen LogP) is 3.72. The highest BCUT2D eigenvalue weighted by Gasteiger charge is 2.10. The standard InChI is InChI=1S/C13H15ClN2O/c1-3-7-15-10-6-8-16-13-11(17-2)5-4-9(14)12(10)13/h4-6,8H,3,7H2,1-2H3,(H,15,16). The Kier molecular flexibility index (Phi) is 3.69. The number of hydrogen-bond acceptors (Lipinski definition) is 3. The number of halogens is 1. The monoisotopic (exact) mass is 250 g/mol. The first-order chi connectivity index (χ1) is 8.27. The highest BCUT2D eigenvalue weighted by atomic mass is 35.5. The Morgan fingerprint density at radius 1 is 1.35 bits per heavy atom. The van der Waals surface area contributed by atoms with Crippen LogP contribution in [0.5, 0.6) is 5.75 Å². The maximum absolute atomic E-state index is 6.23. The van der Waals surface area contributed by atoms with Crippen LogP contribution in [0.2, 0.25) is 5.02 Å². The number of hydrogen-bond donors (Lipinski definition) is 1. The maximum Gasteiger partial charge on any atom is 0.145 e. The fraction of sp³-hybridized carbons (Fsp3) is 0.308. The Balaban J connectivity index is 2.61. The van der Waals surface area contributed by atoms with Crippen molar-refractivity contribution in [1.82, 2.24) is 4.98 Å². The molecule has 0 aliphatic carbocycles. The molecule has 2 aromatic rings. The number of fused-ring (bicyclic) bond motifs is 1. The van der Waals surface area contributed by atoms with Crippen molar-refractivity contribution >= 4 is 28.2 Å². The van der Waals surface area contributed by atoms with Crippen LogP contribution in [0.25, 0.3) is 10.9 Å². The zero-order valence-corrected chi connectivity index (χ0v) is 10.7. The summed E-state index contributed by atoms with van der Waals surface area (Å²) in [4.78, 5) is 4.33. The van der Waals surface area contributed by atoms with E-state index in [0.29, 0.717) is 5.02 Å². The minimum atomic E-state index is 0.688. The van der Waals surface area contributed by atoms with Crippen molar-refractivity contribution in [2.45, 2.75) is 13.3 Å². The molecule has 0 fully saturated rings. The van der Waals surface area contributed by atoms with Crippen molar-refractivity contribution in [2.24, 2.45) is 0 Å². The molecule has 4 heteroatoms. The van der Waals surface area contributed by atoms with Gasteiger partial charge in [0.1, 0.15) is 11.3 Å². The normalized spacial score (nSPS) is 10.5. The van der Waals surface area contributed by atoms with Gasteiger partial charge in [0.25, 0.3) is 0 Å². The van der Waals surface area contributed by atoms with Gasteiger partial charge in [0.05, 0.1) is 12.1 Å². The maximum atomic E-state index is 6.23. The first-order valence-corrected chi connectivity index (χ1v) is 6.00. The van der Waals surface area contributed by atoms with Crippen LogP contribution in [0.3, 0.4) is 0 Å². The highest BCUT2D eigenvalue weighted by Crippen LogP contribution is 2.34. The van der Waals surface area contributed by atoms with Crippen LogP contribution >= 0.6 is 11.6 Å². The molecule has 0 bridgehead atoms. The van der Waals surface area contributed by atoms with Crippen molar-refractivity contribution < 1.29 is 4.74 Å². The van der Waals surface area contributed by atoms with Gasteiger partial charge >= 0.3 is 0 Å². The lowest BCUT2D eigenvalue weighted by Crippen LogP contribution is -2.01. The molecular weight excluding hydrogens is 236 g/mol. The summed E-state index contributed by atoms with van der Waals surface area (Å²) in [5.41, 5.74) is 1.79. The van der Waals surface area contributed by atoms with Crippen molar-refractivity contribution in [3.63, 3.8) is 0 Å². The average molecular weight is 251 g/mol. The van der Waals surface area contributed by atoms with Crippen molar-refractivity contribution in [3.05, 3.63) is 29.4 Å². The zero-order valence-electron chi connectivity index (χ0n) is 9.96. The lowest BCUT2D eigenvalue weighted by atomic mass is 10.1. The van der Waals surface area contributed by atoms with Crippen LogP contribution < -0.4 is 10.1 Å². The minimum Gasteiger partial charge on any atom is -0.494 e. The molecule has 0 unspecified atom stereocenters. The minimum absolute atomic E-state index is 0.688. The van der Waals surface area contributed by atoms with E-state index in [1.807, 2.05) is 18.2 Å². The number of benzene rings is 1. The fourth-order valence-corrected chi connectivity index (χ4v) is 2.03. The molecule has 1 aromatic carbocycles. The first kappa shape index (κ1) is 12.0. The predicted molar refractivity (Wildman–Crippen MR) is 72.1 cm³/mol. The lowest BCUT2D eigenvalue weighted by molar-refractivity contribution is 0.419.